The number of hydrogen-bond donors (Lipinski definition) is 2. The third-order valence-corrected chi connectivity index (χ3v) is 4.49. The Bertz CT molecular complexity index is 870. The molecular formula is C21H23N3O5. The molecule has 1 aliphatic rings. The molecule has 2 atom stereocenters. The van der Waals surface area contributed by atoms with E-state index in [1.54, 1.807) is 29.2 Å². The Labute approximate surface area is 168 Å². The highest BCUT2D eigenvalue weighted by molar-refractivity contribution is 5.97. The SMILES string of the molecule is CC(NC(=O)c1ccc(OCC2CN(Cc3ccccc3)C(=O)O2)cc1)C(N)=O. The molecule has 0 aliphatic carbocycles. The van der Waals surface area contributed by atoms with Crippen molar-refractivity contribution in [3.05, 3.63) is 65.7 Å². The van der Waals surface area contributed by atoms with Crippen molar-refractivity contribution in [3.8, 4) is 5.75 Å². The van der Waals surface area contributed by atoms with E-state index in [4.69, 9.17) is 15.2 Å². The van der Waals surface area contributed by atoms with Gasteiger partial charge in [0.25, 0.3) is 5.91 Å². The maximum atomic E-state index is 12.0. The average molecular weight is 397 g/mol. The topological polar surface area (TPSA) is 111 Å². The van der Waals surface area contributed by atoms with Gasteiger partial charge in [-0.3, -0.25) is 9.59 Å². The number of nitrogens with zero attached hydrogens (tertiary/aromatic N) is 1. The molecule has 2 unspecified atom stereocenters. The van der Waals surface area contributed by atoms with Crippen LogP contribution >= 0.6 is 0 Å². The van der Waals surface area contributed by atoms with Gasteiger partial charge in [0.2, 0.25) is 5.91 Å². The molecule has 1 heterocycles. The van der Waals surface area contributed by atoms with Gasteiger partial charge in [0, 0.05) is 12.1 Å². The van der Waals surface area contributed by atoms with Crippen molar-refractivity contribution in [2.75, 3.05) is 13.2 Å². The number of carbonyl (C=O) groups excluding carboxylic acids is 3. The maximum Gasteiger partial charge on any atom is 0.410 e. The van der Waals surface area contributed by atoms with Crippen molar-refractivity contribution in [3.63, 3.8) is 0 Å². The van der Waals surface area contributed by atoms with Crippen LogP contribution in [-0.2, 0) is 16.1 Å². The molecule has 29 heavy (non-hydrogen) atoms. The number of rotatable bonds is 8. The highest BCUT2D eigenvalue weighted by Gasteiger charge is 2.31. The smallest absolute Gasteiger partial charge is 0.410 e. The minimum absolute atomic E-state index is 0.210. The van der Waals surface area contributed by atoms with Crippen LogP contribution < -0.4 is 15.8 Å². The van der Waals surface area contributed by atoms with E-state index >= 15 is 0 Å². The van der Waals surface area contributed by atoms with Gasteiger partial charge in [0.15, 0.2) is 6.10 Å². The monoisotopic (exact) mass is 397 g/mol. The van der Waals surface area contributed by atoms with Gasteiger partial charge in [0.1, 0.15) is 18.4 Å². The first-order valence-electron chi connectivity index (χ1n) is 9.25. The number of primary amides is 1. The third kappa shape index (κ3) is 5.47. The van der Waals surface area contributed by atoms with Crippen LogP contribution in [0.5, 0.6) is 5.75 Å². The number of hydrogen-bond acceptors (Lipinski definition) is 5. The molecule has 2 aromatic rings. The summed E-state index contributed by atoms with van der Waals surface area (Å²) in [6, 6.07) is 15.4. The molecule has 3 rings (SSSR count). The molecule has 1 saturated heterocycles. The lowest BCUT2D eigenvalue weighted by Crippen LogP contribution is -2.42. The first-order valence-corrected chi connectivity index (χ1v) is 9.25. The number of amides is 3. The second-order valence-corrected chi connectivity index (χ2v) is 6.80. The Morgan fingerprint density at radius 3 is 2.55 bits per heavy atom. The van der Waals surface area contributed by atoms with Gasteiger partial charge in [-0.05, 0) is 36.8 Å². The summed E-state index contributed by atoms with van der Waals surface area (Å²) in [7, 11) is 0. The van der Waals surface area contributed by atoms with E-state index in [0.29, 0.717) is 24.4 Å². The first kappa shape index (κ1) is 20.2. The van der Waals surface area contributed by atoms with E-state index in [2.05, 4.69) is 5.32 Å². The summed E-state index contributed by atoms with van der Waals surface area (Å²) in [5.74, 6) is -0.461. The highest BCUT2D eigenvalue weighted by atomic mass is 16.6. The minimum atomic E-state index is -0.755. The number of ether oxygens (including phenoxy) is 2. The van der Waals surface area contributed by atoms with E-state index in [-0.39, 0.29) is 18.8 Å². The average Bonchev–Trinajstić information content (AvgIpc) is 3.06. The minimum Gasteiger partial charge on any atom is -0.490 e. The molecule has 0 aromatic heterocycles. The molecule has 1 fully saturated rings. The van der Waals surface area contributed by atoms with Crippen LogP contribution in [0.3, 0.4) is 0 Å². The fourth-order valence-corrected chi connectivity index (χ4v) is 2.84. The molecule has 0 radical (unpaired) electrons. The normalized spacial score (nSPS) is 16.8. The van der Waals surface area contributed by atoms with Gasteiger partial charge in [-0.2, -0.15) is 0 Å². The van der Waals surface area contributed by atoms with Crippen molar-refractivity contribution in [2.45, 2.75) is 25.6 Å². The lowest BCUT2D eigenvalue weighted by Gasteiger charge is -2.13. The largest absolute Gasteiger partial charge is 0.490 e. The van der Waals surface area contributed by atoms with Gasteiger partial charge in [-0.1, -0.05) is 30.3 Å². The quantitative estimate of drug-likeness (QED) is 0.704. The van der Waals surface area contributed by atoms with Crippen LogP contribution in [-0.4, -0.2) is 48.1 Å². The summed E-state index contributed by atoms with van der Waals surface area (Å²) in [5.41, 5.74) is 6.55. The van der Waals surface area contributed by atoms with Gasteiger partial charge in [-0.15, -0.1) is 0 Å². The van der Waals surface area contributed by atoms with Crippen molar-refractivity contribution in [1.29, 1.82) is 0 Å². The standard InChI is InChI=1S/C21H23N3O5/c1-14(19(22)25)23-20(26)16-7-9-17(10-8-16)28-13-18-12-24(21(27)29-18)11-15-5-3-2-4-6-15/h2-10,14,18H,11-13H2,1H3,(H2,22,25)(H,23,26). The van der Waals surface area contributed by atoms with Crippen LogP contribution in [0.2, 0.25) is 0 Å². The van der Waals surface area contributed by atoms with E-state index in [1.807, 2.05) is 30.3 Å². The summed E-state index contributed by atoms with van der Waals surface area (Å²) in [6.45, 7) is 2.66. The zero-order chi connectivity index (χ0) is 20.8. The molecule has 3 N–H and O–H groups in total. The summed E-state index contributed by atoms with van der Waals surface area (Å²) in [4.78, 5) is 36.7. The predicted molar refractivity (Wildman–Crippen MR) is 105 cm³/mol. The van der Waals surface area contributed by atoms with Crippen molar-refractivity contribution in [1.82, 2.24) is 10.2 Å². The lowest BCUT2D eigenvalue weighted by molar-refractivity contribution is -0.119. The summed E-state index contributed by atoms with van der Waals surface area (Å²) >= 11 is 0. The summed E-state index contributed by atoms with van der Waals surface area (Å²) in [5, 5.41) is 2.50. The van der Waals surface area contributed by atoms with Gasteiger partial charge < -0.3 is 25.4 Å². The number of benzene rings is 2. The molecule has 3 amide bonds. The Morgan fingerprint density at radius 2 is 1.90 bits per heavy atom. The Hall–Kier alpha value is -3.55. The second-order valence-electron chi connectivity index (χ2n) is 6.80. The number of nitrogens with one attached hydrogen (secondary N) is 1. The molecule has 152 valence electrons. The van der Waals surface area contributed by atoms with Crippen LogP contribution in [0.15, 0.2) is 54.6 Å². The molecule has 0 spiro atoms. The van der Waals surface area contributed by atoms with Crippen LogP contribution in [0.4, 0.5) is 4.79 Å². The third-order valence-electron chi connectivity index (χ3n) is 4.49. The second kappa shape index (κ2) is 9.09. The zero-order valence-corrected chi connectivity index (χ0v) is 16.0. The Morgan fingerprint density at radius 1 is 1.21 bits per heavy atom. The van der Waals surface area contributed by atoms with Gasteiger partial charge in [-0.25, -0.2) is 4.79 Å². The van der Waals surface area contributed by atoms with E-state index in [1.165, 1.54) is 6.92 Å². The van der Waals surface area contributed by atoms with E-state index < -0.39 is 17.9 Å². The van der Waals surface area contributed by atoms with Crippen LogP contribution in [0, 0.1) is 0 Å². The molecule has 8 nitrogen and oxygen atoms in total. The van der Waals surface area contributed by atoms with Gasteiger partial charge in [0.05, 0.1) is 6.54 Å². The number of carbonyl (C=O) groups is 3. The molecule has 1 aliphatic heterocycles. The maximum absolute atomic E-state index is 12.0. The van der Waals surface area contributed by atoms with Crippen molar-refractivity contribution in [2.24, 2.45) is 5.73 Å². The highest BCUT2D eigenvalue weighted by Crippen LogP contribution is 2.18. The number of cyclic esters (lactones) is 1. The van der Waals surface area contributed by atoms with E-state index in [0.717, 1.165) is 5.56 Å². The zero-order valence-electron chi connectivity index (χ0n) is 16.0. The predicted octanol–water partition coefficient (Wildman–Crippen LogP) is 1.69. The summed E-state index contributed by atoms with van der Waals surface area (Å²) in [6.07, 6.45) is -0.733. The van der Waals surface area contributed by atoms with E-state index in [9.17, 15) is 14.4 Å². The molecule has 0 saturated carbocycles. The first-order chi connectivity index (χ1) is 13.9. The Balaban J connectivity index is 1.48. The summed E-state index contributed by atoms with van der Waals surface area (Å²) < 4.78 is 11.0. The van der Waals surface area contributed by atoms with Crippen LogP contribution in [0.25, 0.3) is 0 Å². The van der Waals surface area contributed by atoms with Crippen LogP contribution in [0.1, 0.15) is 22.8 Å². The number of nitrogens with two attached hydrogens (primary N) is 1. The Kier molecular flexibility index (Phi) is 6.33. The fourth-order valence-electron chi connectivity index (χ4n) is 2.84. The van der Waals surface area contributed by atoms with Crippen molar-refractivity contribution < 1.29 is 23.9 Å². The molecule has 8 heteroatoms. The van der Waals surface area contributed by atoms with Gasteiger partial charge >= 0.3 is 6.09 Å². The molecule has 0 bridgehead atoms. The van der Waals surface area contributed by atoms with Crippen molar-refractivity contribution >= 4 is 17.9 Å². The molecular weight excluding hydrogens is 374 g/mol. The fraction of sp³-hybridized carbons (Fsp3) is 0.286. The lowest BCUT2D eigenvalue weighted by atomic mass is 10.2. The molecule has 2 aromatic carbocycles.